The molecule has 1 saturated heterocycles. The van der Waals surface area contributed by atoms with Gasteiger partial charge in [-0.1, -0.05) is 6.07 Å². The highest BCUT2D eigenvalue weighted by atomic mass is 32.1. The fourth-order valence-corrected chi connectivity index (χ4v) is 3.66. The third kappa shape index (κ3) is 5.61. The van der Waals surface area contributed by atoms with Crippen molar-refractivity contribution in [3.63, 3.8) is 0 Å². The summed E-state index contributed by atoms with van der Waals surface area (Å²) in [6, 6.07) is 4.32. The van der Waals surface area contributed by atoms with Crippen molar-refractivity contribution in [2.75, 3.05) is 47.3 Å². The Labute approximate surface area is 139 Å². The lowest BCUT2D eigenvalue weighted by Crippen LogP contribution is -2.41. The first kappa shape index (κ1) is 17.3. The number of nitrogens with one attached hydrogen (secondary N) is 1. The normalized spacial score (nSPS) is 17.7. The van der Waals surface area contributed by atoms with Crippen molar-refractivity contribution < 1.29 is 0 Å². The Bertz CT molecular complexity index is 436. The molecule has 0 bridgehead atoms. The average Bonchev–Trinajstić information content (AvgIpc) is 3.04. The lowest BCUT2D eigenvalue weighted by Gasteiger charge is -2.29. The molecule has 0 amide bonds. The number of rotatable bonds is 6. The lowest BCUT2D eigenvalue weighted by atomic mass is 9.94. The van der Waals surface area contributed by atoms with Gasteiger partial charge in [-0.2, -0.15) is 0 Å². The number of nitrogens with zero attached hydrogens (tertiary/aromatic N) is 3. The molecule has 0 aromatic carbocycles. The molecular formula is C17H30N4S. The second-order valence-corrected chi connectivity index (χ2v) is 7.29. The highest BCUT2D eigenvalue weighted by molar-refractivity contribution is 7.09. The zero-order valence-electron chi connectivity index (χ0n) is 14.2. The van der Waals surface area contributed by atoms with Crippen molar-refractivity contribution in [2.24, 2.45) is 10.9 Å². The third-order valence-electron chi connectivity index (χ3n) is 4.52. The second-order valence-electron chi connectivity index (χ2n) is 6.26. The van der Waals surface area contributed by atoms with E-state index in [0.29, 0.717) is 0 Å². The van der Waals surface area contributed by atoms with Crippen LogP contribution in [0.1, 0.15) is 24.1 Å². The molecule has 0 atom stereocenters. The molecule has 0 saturated carbocycles. The van der Waals surface area contributed by atoms with Gasteiger partial charge in [-0.05, 0) is 63.2 Å². The number of guanidine groups is 1. The fourth-order valence-electron chi connectivity index (χ4n) is 2.96. The van der Waals surface area contributed by atoms with Gasteiger partial charge in [0.1, 0.15) is 0 Å². The zero-order chi connectivity index (χ0) is 15.8. The Morgan fingerprint density at radius 2 is 2.23 bits per heavy atom. The molecular weight excluding hydrogens is 292 g/mol. The van der Waals surface area contributed by atoms with Crippen LogP contribution < -0.4 is 5.32 Å². The Kier molecular flexibility index (Phi) is 7.19. The van der Waals surface area contributed by atoms with Crippen molar-refractivity contribution in [3.8, 4) is 0 Å². The van der Waals surface area contributed by atoms with E-state index in [1.165, 1.54) is 37.2 Å². The summed E-state index contributed by atoms with van der Waals surface area (Å²) in [5, 5.41) is 5.67. The van der Waals surface area contributed by atoms with Crippen molar-refractivity contribution >= 4 is 17.3 Å². The average molecular weight is 323 g/mol. The van der Waals surface area contributed by atoms with Crippen LogP contribution in [0.4, 0.5) is 0 Å². The van der Waals surface area contributed by atoms with Gasteiger partial charge < -0.3 is 15.1 Å². The van der Waals surface area contributed by atoms with E-state index < -0.39 is 0 Å². The van der Waals surface area contributed by atoms with Gasteiger partial charge in [-0.25, -0.2) is 0 Å². The molecule has 1 aliphatic rings. The molecule has 1 aromatic rings. The number of likely N-dealkylation sites (tertiary alicyclic amines) is 1. The standard InChI is InChI=1S/C17H30N4S/c1-18-17(21(3)13-9-16-5-4-14-22-16)19-10-6-15-7-11-20(2)12-8-15/h4-5,14-15H,6-13H2,1-3H3,(H,18,19). The molecule has 0 aliphatic carbocycles. The van der Waals surface area contributed by atoms with Gasteiger partial charge in [0.15, 0.2) is 5.96 Å². The molecule has 22 heavy (non-hydrogen) atoms. The van der Waals surface area contributed by atoms with Crippen LogP contribution in [0.5, 0.6) is 0 Å². The van der Waals surface area contributed by atoms with Crippen molar-refractivity contribution in [3.05, 3.63) is 22.4 Å². The zero-order valence-corrected chi connectivity index (χ0v) is 15.0. The fraction of sp³-hybridized carbons (Fsp3) is 0.706. The summed E-state index contributed by atoms with van der Waals surface area (Å²) in [5.74, 6) is 1.89. The summed E-state index contributed by atoms with van der Waals surface area (Å²) < 4.78 is 0. The first-order chi connectivity index (χ1) is 10.7. The van der Waals surface area contributed by atoms with E-state index >= 15 is 0 Å². The second kappa shape index (κ2) is 9.16. The van der Waals surface area contributed by atoms with Gasteiger partial charge in [0.2, 0.25) is 0 Å². The van der Waals surface area contributed by atoms with Gasteiger partial charge in [0.25, 0.3) is 0 Å². The first-order valence-corrected chi connectivity index (χ1v) is 9.19. The SMILES string of the molecule is CN=C(NCCC1CCN(C)CC1)N(C)CCc1cccs1. The molecule has 0 unspecified atom stereocenters. The molecule has 0 spiro atoms. The van der Waals surface area contributed by atoms with Crippen molar-refractivity contribution in [2.45, 2.75) is 25.7 Å². The van der Waals surface area contributed by atoms with E-state index in [1.54, 1.807) is 0 Å². The minimum absolute atomic E-state index is 0.873. The largest absolute Gasteiger partial charge is 0.356 e. The predicted molar refractivity (Wildman–Crippen MR) is 96.9 cm³/mol. The van der Waals surface area contributed by atoms with Crippen LogP contribution in [-0.4, -0.2) is 63.1 Å². The van der Waals surface area contributed by atoms with Crippen LogP contribution >= 0.6 is 11.3 Å². The summed E-state index contributed by atoms with van der Waals surface area (Å²) in [6.45, 7) is 4.54. The van der Waals surface area contributed by atoms with Gasteiger partial charge >= 0.3 is 0 Å². The molecule has 1 aromatic heterocycles. The number of hydrogen-bond donors (Lipinski definition) is 1. The van der Waals surface area contributed by atoms with Crippen LogP contribution in [0, 0.1) is 5.92 Å². The lowest BCUT2D eigenvalue weighted by molar-refractivity contribution is 0.212. The first-order valence-electron chi connectivity index (χ1n) is 8.31. The number of likely N-dealkylation sites (N-methyl/N-ethyl adjacent to an activating group) is 1. The molecule has 1 fully saturated rings. The molecule has 124 valence electrons. The molecule has 1 aliphatic heterocycles. The Morgan fingerprint density at radius 1 is 1.45 bits per heavy atom. The number of hydrogen-bond acceptors (Lipinski definition) is 3. The Morgan fingerprint density at radius 3 is 2.86 bits per heavy atom. The number of aliphatic imine (C=N–C) groups is 1. The van der Waals surface area contributed by atoms with E-state index in [0.717, 1.165) is 31.4 Å². The van der Waals surface area contributed by atoms with Gasteiger partial charge in [-0.15, -0.1) is 11.3 Å². The Hall–Kier alpha value is -1.07. The monoisotopic (exact) mass is 322 g/mol. The maximum Gasteiger partial charge on any atom is 0.193 e. The molecule has 2 heterocycles. The predicted octanol–water partition coefficient (Wildman–Crippen LogP) is 2.53. The summed E-state index contributed by atoms with van der Waals surface area (Å²) in [7, 11) is 6.22. The van der Waals surface area contributed by atoms with Crippen LogP contribution in [0.3, 0.4) is 0 Å². The third-order valence-corrected chi connectivity index (χ3v) is 5.46. The maximum atomic E-state index is 4.41. The van der Waals surface area contributed by atoms with Gasteiger partial charge in [-0.3, -0.25) is 4.99 Å². The molecule has 1 N–H and O–H groups in total. The summed E-state index contributed by atoms with van der Waals surface area (Å²) >= 11 is 1.83. The van der Waals surface area contributed by atoms with Crippen molar-refractivity contribution in [1.82, 2.24) is 15.1 Å². The van der Waals surface area contributed by atoms with Crippen LogP contribution in [0.15, 0.2) is 22.5 Å². The smallest absolute Gasteiger partial charge is 0.193 e. The topological polar surface area (TPSA) is 30.9 Å². The van der Waals surface area contributed by atoms with E-state index in [1.807, 2.05) is 18.4 Å². The van der Waals surface area contributed by atoms with E-state index in [2.05, 4.69) is 51.7 Å². The van der Waals surface area contributed by atoms with Crippen LogP contribution in [0.2, 0.25) is 0 Å². The molecule has 4 nitrogen and oxygen atoms in total. The summed E-state index contributed by atoms with van der Waals surface area (Å²) in [6.07, 6.45) is 5.02. The van der Waals surface area contributed by atoms with Crippen LogP contribution in [0.25, 0.3) is 0 Å². The summed E-state index contributed by atoms with van der Waals surface area (Å²) in [5.41, 5.74) is 0. The molecule has 5 heteroatoms. The minimum atomic E-state index is 0.873. The number of thiophene rings is 1. The van der Waals surface area contributed by atoms with E-state index in [4.69, 9.17) is 0 Å². The van der Waals surface area contributed by atoms with E-state index in [9.17, 15) is 0 Å². The van der Waals surface area contributed by atoms with Crippen LogP contribution in [-0.2, 0) is 6.42 Å². The summed E-state index contributed by atoms with van der Waals surface area (Å²) in [4.78, 5) is 10.5. The molecule has 2 rings (SSSR count). The van der Waals surface area contributed by atoms with Crippen molar-refractivity contribution in [1.29, 1.82) is 0 Å². The maximum absolute atomic E-state index is 4.41. The highest BCUT2D eigenvalue weighted by Crippen LogP contribution is 2.18. The highest BCUT2D eigenvalue weighted by Gasteiger charge is 2.16. The minimum Gasteiger partial charge on any atom is -0.356 e. The van der Waals surface area contributed by atoms with Gasteiger partial charge in [0, 0.05) is 32.1 Å². The molecule has 0 radical (unpaired) electrons. The Balaban J connectivity index is 1.65. The van der Waals surface area contributed by atoms with Gasteiger partial charge in [0.05, 0.1) is 0 Å². The quantitative estimate of drug-likeness (QED) is 0.645. The number of piperidine rings is 1. The van der Waals surface area contributed by atoms with E-state index in [-0.39, 0.29) is 0 Å².